The predicted octanol–water partition coefficient (Wildman–Crippen LogP) is 3.30. The maximum absolute atomic E-state index is 13.3. The van der Waals surface area contributed by atoms with E-state index >= 15 is 0 Å². The first-order valence-corrected chi connectivity index (χ1v) is 9.28. The number of amides is 1. The SMILES string of the molecule is CC1(C)CC[C@@H](C(=O)N2CCC[C@H](n3cncn3)C2)c2ccccc21. The Hall–Kier alpha value is -2.17. The molecule has 1 saturated heterocycles. The summed E-state index contributed by atoms with van der Waals surface area (Å²) in [4.78, 5) is 19.4. The van der Waals surface area contributed by atoms with Crippen LogP contribution in [0.25, 0.3) is 0 Å². The summed E-state index contributed by atoms with van der Waals surface area (Å²) in [6.07, 6.45) is 7.41. The van der Waals surface area contributed by atoms with E-state index in [2.05, 4.69) is 53.1 Å². The largest absolute Gasteiger partial charge is 0.340 e. The van der Waals surface area contributed by atoms with Crippen molar-refractivity contribution in [3.8, 4) is 0 Å². The number of hydrogen-bond acceptors (Lipinski definition) is 3. The van der Waals surface area contributed by atoms with Gasteiger partial charge >= 0.3 is 0 Å². The molecule has 5 nitrogen and oxygen atoms in total. The Morgan fingerprint density at radius 3 is 2.88 bits per heavy atom. The smallest absolute Gasteiger partial charge is 0.230 e. The number of rotatable bonds is 2. The molecular weight excluding hydrogens is 312 g/mol. The molecule has 2 aromatic rings. The first kappa shape index (κ1) is 16.3. The van der Waals surface area contributed by atoms with Gasteiger partial charge in [0.2, 0.25) is 5.91 Å². The second-order valence-electron chi connectivity index (χ2n) is 8.02. The van der Waals surface area contributed by atoms with E-state index in [9.17, 15) is 4.79 Å². The molecule has 2 aliphatic rings. The summed E-state index contributed by atoms with van der Waals surface area (Å²) in [5, 5.41) is 4.27. The fourth-order valence-electron chi connectivity index (χ4n) is 4.47. The quantitative estimate of drug-likeness (QED) is 0.844. The standard InChI is InChI=1S/C20H26N4O/c1-20(2)10-9-17(16-7-3-4-8-18(16)20)19(25)23-11-5-6-15(12-23)24-14-21-13-22-24/h3-4,7-8,13-15,17H,5-6,9-12H2,1-2H3/t15-,17+/m0/s1. The average Bonchev–Trinajstić information content (AvgIpc) is 3.16. The van der Waals surface area contributed by atoms with E-state index in [4.69, 9.17) is 0 Å². The second kappa shape index (κ2) is 6.28. The number of likely N-dealkylation sites (tertiary alicyclic amines) is 1. The van der Waals surface area contributed by atoms with Crippen molar-refractivity contribution in [1.29, 1.82) is 0 Å². The van der Waals surface area contributed by atoms with Gasteiger partial charge in [0.15, 0.2) is 0 Å². The molecule has 25 heavy (non-hydrogen) atoms. The number of carbonyl (C=O) groups is 1. The fourth-order valence-corrected chi connectivity index (χ4v) is 4.47. The van der Waals surface area contributed by atoms with Crippen LogP contribution in [0.1, 0.15) is 62.6 Å². The van der Waals surface area contributed by atoms with Crippen molar-refractivity contribution in [1.82, 2.24) is 19.7 Å². The molecule has 1 aliphatic carbocycles. The van der Waals surface area contributed by atoms with Crippen LogP contribution in [-0.2, 0) is 10.2 Å². The van der Waals surface area contributed by atoms with Gasteiger partial charge in [0.25, 0.3) is 0 Å². The van der Waals surface area contributed by atoms with Crippen molar-refractivity contribution >= 4 is 5.91 Å². The molecule has 132 valence electrons. The topological polar surface area (TPSA) is 51.0 Å². The Kier molecular flexibility index (Phi) is 4.10. The summed E-state index contributed by atoms with van der Waals surface area (Å²) in [6.45, 7) is 6.17. The van der Waals surface area contributed by atoms with E-state index in [1.807, 2.05) is 4.68 Å². The highest BCUT2D eigenvalue weighted by Gasteiger charge is 2.38. The van der Waals surface area contributed by atoms with E-state index in [1.54, 1.807) is 12.7 Å². The van der Waals surface area contributed by atoms with Gasteiger partial charge in [0.05, 0.1) is 12.0 Å². The molecule has 2 heterocycles. The molecule has 1 amide bonds. The second-order valence-corrected chi connectivity index (χ2v) is 8.02. The van der Waals surface area contributed by atoms with Crippen LogP contribution in [0.15, 0.2) is 36.9 Å². The van der Waals surface area contributed by atoms with Crippen LogP contribution in [0, 0.1) is 0 Å². The molecule has 1 aliphatic heterocycles. The van der Waals surface area contributed by atoms with Gasteiger partial charge < -0.3 is 4.90 Å². The molecule has 0 spiro atoms. The van der Waals surface area contributed by atoms with E-state index in [0.717, 1.165) is 38.8 Å². The molecule has 1 aromatic carbocycles. The van der Waals surface area contributed by atoms with Crippen LogP contribution in [0.5, 0.6) is 0 Å². The molecule has 0 bridgehead atoms. The van der Waals surface area contributed by atoms with Gasteiger partial charge in [-0.25, -0.2) is 9.67 Å². The van der Waals surface area contributed by atoms with E-state index in [-0.39, 0.29) is 23.3 Å². The number of piperidine rings is 1. The predicted molar refractivity (Wildman–Crippen MR) is 96.3 cm³/mol. The van der Waals surface area contributed by atoms with Gasteiger partial charge in [-0.3, -0.25) is 4.79 Å². The third-order valence-corrected chi connectivity index (χ3v) is 5.94. The molecule has 0 saturated carbocycles. The van der Waals surface area contributed by atoms with E-state index < -0.39 is 0 Å². The average molecular weight is 338 g/mol. The minimum absolute atomic E-state index is 0.00118. The van der Waals surface area contributed by atoms with E-state index in [0.29, 0.717) is 0 Å². The Morgan fingerprint density at radius 2 is 2.08 bits per heavy atom. The Bertz CT molecular complexity index is 753. The van der Waals surface area contributed by atoms with Crippen LogP contribution in [-0.4, -0.2) is 38.7 Å². The van der Waals surface area contributed by atoms with Crippen molar-refractivity contribution in [2.24, 2.45) is 0 Å². The molecule has 2 atom stereocenters. The number of fused-ring (bicyclic) bond motifs is 1. The summed E-state index contributed by atoms with van der Waals surface area (Å²) in [6, 6.07) is 8.75. The molecule has 0 radical (unpaired) electrons. The number of carbonyl (C=O) groups excluding carboxylic acids is 1. The normalized spacial score (nSPS) is 25.4. The zero-order valence-corrected chi connectivity index (χ0v) is 15.1. The van der Waals surface area contributed by atoms with Gasteiger partial charge in [0, 0.05) is 13.1 Å². The molecular formula is C20H26N4O. The van der Waals surface area contributed by atoms with Crippen LogP contribution in [0.2, 0.25) is 0 Å². The number of benzene rings is 1. The summed E-state index contributed by atoms with van der Waals surface area (Å²) in [7, 11) is 0. The third kappa shape index (κ3) is 2.96. The Labute approximate surface area is 149 Å². The molecule has 0 N–H and O–H groups in total. The van der Waals surface area contributed by atoms with Gasteiger partial charge in [-0.1, -0.05) is 38.1 Å². The lowest BCUT2D eigenvalue weighted by Crippen LogP contribution is -2.44. The van der Waals surface area contributed by atoms with Crippen molar-refractivity contribution in [3.05, 3.63) is 48.0 Å². The van der Waals surface area contributed by atoms with Crippen LogP contribution >= 0.6 is 0 Å². The lowest BCUT2D eigenvalue weighted by molar-refractivity contribution is -0.135. The Balaban J connectivity index is 1.57. The van der Waals surface area contributed by atoms with Crippen LogP contribution < -0.4 is 0 Å². The lowest BCUT2D eigenvalue weighted by Gasteiger charge is -2.40. The molecule has 1 aromatic heterocycles. The minimum Gasteiger partial charge on any atom is -0.340 e. The fraction of sp³-hybridized carbons (Fsp3) is 0.550. The molecule has 1 fully saturated rings. The lowest BCUT2D eigenvalue weighted by atomic mass is 9.68. The maximum atomic E-state index is 13.3. The van der Waals surface area contributed by atoms with Crippen molar-refractivity contribution in [3.63, 3.8) is 0 Å². The first-order valence-electron chi connectivity index (χ1n) is 9.28. The highest BCUT2D eigenvalue weighted by Crippen LogP contribution is 2.43. The number of nitrogens with zero attached hydrogens (tertiary/aromatic N) is 4. The minimum atomic E-state index is -0.00118. The zero-order valence-electron chi connectivity index (χ0n) is 15.1. The highest BCUT2D eigenvalue weighted by atomic mass is 16.2. The molecule has 4 rings (SSSR count). The van der Waals surface area contributed by atoms with Crippen LogP contribution in [0.3, 0.4) is 0 Å². The van der Waals surface area contributed by atoms with Crippen molar-refractivity contribution in [2.75, 3.05) is 13.1 Å². The van der Waals surface area contributed by atoms with Gasteiger partial charge in [-0.2, -0.15) is 5.10 Å². The number of aromatic nitrogens is 3. The summed E-state index contributed by atoms with van der Waals surface area (Å²) in [5.41, 5.74) is 2.72. The summed E-state index contributed by atoms with van der Waals surface area (Å²) < 4.78 is 1.90. The zero-order chi connectivity index (χ0) is 17.4. The highest BCUT2D eigenvalue weighted by molar-refractivity contribution is 5.84. The van der Waals surface area contributed by atoms with Crippen molar-refractivity contribution in [2.45, 2.75) is 56.9 Å². The van der Waals surface area contributed by atoms with Gasteiger partial charge in [-0.05, 0) is 42.2 Å². The van der Waals surface area contributed by atoms with Gasteiger partial charge in [-0.15, -0.1) is 0 Å². The van der Waals surface area contributed by atoms with Crippen molar-refractivity contribution < 1.29 is 4.79 Å². The van der Waals surface area contributed by atoms with Crippen LogP contribution in [0.4, 0.5) is 0 Å². The molecule has 5 heteroatoms. The van der Waals surface area contributed by atoms with E-state index in [1.165, 1.54) is 11.1 Å². The molecule has 0 unspecified atom stereocenters. The Morgan fingerprint density at radius 1 is 1.24 bits per heavy atom. The maximum Gasteiger partial charge on any atom is 0.230 e. The first-order chi connectivity index (χ1) is 12.1. The number of hydrogen-bond donors (Lipinski definition) is 0. The third-order valence-electron chi connectivity index (χ3n) is 5.94. The summed E-state index contributed by atoms with van der Waals surface area (Å²) in [5.74, 6) is 0.284. The summed E-state index contributed by atoms with van der Waals surface area (Å²) >= 11 is 0. The van der Waals surface area contributed by atoms with Gasteiger partial charge in [0.1, 0.15) is 12.7 Å². The monoisotopic (exact) mass is 338 g/mol.